The fourth-order valence-corrected chi connectivity index (χ4v) is 8.25. The van der Waals surface area contributed by atoms with Crippen LogP contribution in [0.4, 0.5) is 11.4 Å². The van der Waals surface area contributed by atoms with Crippen molar-refractivity contribution in [3.8, 4) is 17.2 Å². The van der Waals surface area contributed by atoms with Crippen LogP contribution in [0.25, 0.3) is 11.1 Å². The van der Waals surface area contributed by atoms with Gasteiger partial charge in [0.2, 0.25) is 11.8 Å². The predicted molar refractivity (Wildman–Crippen MR) is 195 cm³/mol. The van der Waals surface area contributed by atoms with Crippen LogP contribution >= 0.6 is 11.6 Å². The molecule has 3 aliphatic rings. The van der Waals surface area contributed by atoms with E-state index in [-0.39, 0.29) is 24.3 Å². The first-order chi connectivity index (χ1) is 24.6. The summed E-state index contributed by atoms with van der Waals surface area (Å²) in [7, 11) is 0. The van der Waals surface area contributed by atoms with E-state index in [1.807, 2.05) is 44.2 Å². The first-order valence-electron chi connectivity index (χ1n) is 17.6. The number of nitrogens with zero attached hydrogens (tertiary/aromatic N) is 3. The number of aromatic nitrogens is 1. The highest BCUT2D eigenvalue weighted by atomic mass is 35.5. The Bertz CT molecular complexity index is 2040. The lowest BCUT2D eigenvalue weighted by atomic mass is 9.75. The van der Waals surface area contributed by atoms with Crippen LogP contribution in [0.15, 0.2) is 59.1 Å². The van der Waals surface area contributed by atoms with Crippen LogP contribution < -0.4 is 16.0 Å². The smallest absolute Gasteiger partial charge is 0.255 e. The molecule has 0 bridgehead atoms. The first kappa shape index (κ1) is 34.3. The molecule has 2 aliphatic heterocycles. The SMILES string of the molecule is Cc1ccc(-c2c(C)noc2C)cc1C(Nc1ccc(C#N)c(Cl)c1)C1CCC(CNc2ccc3c(c2)CN(C2CCC(=O)NC2=O)C3=O)CC1. The maximum absolute atomic E-state index is 13.1. The molecular formula is C40H41ClN6O4. The number of imide groups is 1. The minimum atomic E-state index is -0.622. The number of halogens is 1. The van der Waals surface area contributed by atoms with Gasteiger partial charge in [-0.3, -0.25) is 19.7 Å². The average Bonchev–Trinajstić information content (AvgIpc) is 3.63. The van der Waals surface area contributed by atoms with Crippen LogP contribution in [-0.2, 0) is 16.1 Å². The van der Waals surface area contributed by atoms with Crippen molar-refractivity contribution in [2.75, 3.05) is 17.2 Å². The molecule has 262 valence electrons. The zero-order chi connectivity index (χ0) is 35.8. The summed E-state index contributed by atoms with van der Waals surface area (Å²) < 4.78 is 5.50. The monoisotopic (exact) mass is 704 g/mol. The Morgan fingerprint density at radius 3 is 2.49 bits per heavy atom. The summed E-state index contributed by atoms with van der Waals surface area (Å²) >= 11 is 6.47. The Hall–Kier alpha value is -5.14. The minimum absolute atomic E-state index is 0.0184. The number of piperidine rings is 1. The number of anilines is 2. The number of hydrogen-bond donors (Lipinski definition) is 3. The van der Waals surface area contributed by atoms with Crippen LogP contribution in [0.1, 0.15) is 88.6 Å². The molecule has 11 heteroatoms. The van der Waals surface area contributed by atoms with Crippen LogP contribution in [0.3, 0.4) is 0 Å². The molecule has 2 fully saturated rings. The van der Waals surface area contributed by atoms with Crippen molar-refractivity contribution in [3.05, 3.63) is 98.9 Å². The Morgan fingerprint density at radius 1 is 1.00 bits per heavy atom. The van der Waals surface area contributed by atoms with Crippen molar-refractivity contribution >= 4 is 40.7 Å². The number of rotatable bonds is 9. The molecular weight excluding hydrogens is 664 g/mol. The number of amides is 3. The molecule has 3 aromatic carbocycles. The summed E-state index contributed by atoms with van der Waals surface area (Å²) in [4.78, 5) is 38.8. The van der Waals surface area contributed by atoms with E-state index in [0.29, 0.717) is 41.0 Å². The Morgan fingerprint density at radius 2 is 1.78 bits per heavy atom. The van der Waals surface area contributed by atoms with Crippen molar-refractivity contribution in [3.63, 3.8) is 0 Å². The van der Waals surface area contributed by atoms with Gasteiger partial charge in [0.1, 0.15) is 17.9 Å². The second-order valence-corrected chi connectivity index (χ2v) is 14.5. The maximum Gasteiger partial charge on any atom is 0.255 e. The van der Waals surface area contributed by atoms with E-state index in [1.54, 1.807) is 11.0 Å². The van der Waals surface area contributed by atoms with Crippen LogP contribution in [0, 0.1) is 43.9 Å². The van der Waals surface area contributed by atoms with Gasteiger partial charge in [-0.05, 0) is 129 Å². The molecule has 3 N–H and O–H groups in total. The van der Waals surface area contributed by atoms with Crippen molar-refractivity contribution < 1.29 is 18.9 Å². The third kappa shape index (κ3) is 6.95. The molecule has 1 aromatic heterocycles. The zero-order valence-electron chi connectivity index (χ0n) is 29.0. The second kappa shape index (κ2) is 14.2. The average molecular weight is 705 g/mol. The highest BCUT2D eigenvalue weighted by molar-refractivity contribution is 6.32. The summed E-state index contributed by atoms with van der Waals surface area (Å²) in [5.74, 6) is 0.780. The highest BCUT2D eigenvalue weighted by Gasteiger charge is 2.39. The van der Waals surface area contributed by atoms with E-state index in [9.17, 15) is 19.6 Å². The third-order valence-electron chi connectivity index (χ3n) is 10.8. The molecule has 1 saturated heterocycles. The Labute approximate surface area is 302 Å². The van der Waals surface area contributed by atoms with E-state index in [0.717, 1.165) is 71.7 Å². The van der Waals surface area contributed by atoms with Crippen molar-refractivity contribution in [1.82, 2.24) is 15.4 Å². The number of carbonyl (C=O) groups excluding carboxylic acids is 3. The molecule has 2 atom stereocenters. The molecule has 51 heavy (non-hydrogen) atoms. The molecule has 3 heterocycles. The van der Waals surface area contributed by atoms with Crippen molar-refractivity contribution in [2.45, 2.75) is 77.9 Å². The molecule has 2 unspecified atom stereocenters. The highest BCUT2D eigenvalue weighted by Crippen LogP contribution is 2.42. The van der Waals surface area contributed by atoms with E-state index < -0.39 is 11.9 Å². The summed E-state index contributed by atoms with van der Waals surface area (Å²) in [6, 6.07) is 19.4. The van der Waals surface area contributed by atoms with E-state index >= 15 is 0 Å². The van der Waals surface area contributed by atoms with Crippen LogP contribution in [-0.4, -0.2) is 40.4 Å². The summed E-state index contributed by atoms with van der Waals surface area (Å²) in [6.45, 7) is 7.23. The topological polar surface area (TPSA) is 140 Å². The largest absolute Gasteiger partial charge is 0.385 e. The summed E-state index contributed by atoms with van der Waals surface area (Å²) in [5, 5.41) is 23.8. The number of benzene rings is 3. The van der Waals surface area contributed by atoms with E-state index in [2.05, 4.69) is 52.3 Å². The fraction of sp³-hybridized carbons (Fsp3) is 0.375. The first-order valence-corrected chi connectivity index (χ1v) is 18.0. The molecule has 1 aliphatic carbocycles. The normalized spacial score (nSPS) is 20.8. The van der Waals surface area contributed by atoms with Gasteiger partial charge in [-0.15, -0.1) is 0 Å². The van der Waals surface area contributed by atoms with Gasteiger partial charge in [0.05, 0.1) is 22.3 Å². The second-order valence-electron chi connectivity index (χ2n) is 14.1. The molecule has 3 amide bonds. The van der Waals surface area contributed by atoms with E-state index in [4.69, 9.17) is 16.1 Å². The zero-order valence-corrected chi connectivity index (χ0v) is 29.8. The van der Waals surface area contributed by atoms with Gasteiger partial charge in [-0.2, -0.15) is 5.26 Å². The van der Waals surface area contributed by atoms with Gasteiger partial charge in [0.15, 0.2) is 0 Å². The molecule has 0 radical (unpaired) electrons. The fourth-order valence-electron chi connectivity index (χ4n) is 8.02. The van der Waals surface area contributed by atoms with Gasteiger partial charge < -0.3 is 20.1 Å². The molecule has 1 saturated carbocycles. The number of nitriles is 1. The van der Waals surface area contributed by atoms with E-state index in [1.165, 1.54) is 11.1 Å². The number of nitrogens with one attached hydrogen (secondary N) is 3. The van der Waals surface area contributed by atoms with Crippen LogP contribution in [0.5, 0.6) is 0 Å². The quantitative estimate of drug-likeness (QED) is 0.151. The number of fused-ring (bicyclic) bond motifs is 1. The Balaban J connectivity index is 1.04. The van der Waals surface area contributed by atoms with Gasteiger partial charge in [-0.1, -0.05) is 28.9 Å². The molecule has 7 rings (SSSR count). The van der Waals surface area contributed by atoms with Gasteiger partial charge in [0, 0.05) is 42.0 Å². The standard InChI is InChI=1S/C40H41ClN6O4/c1-22-4-7-27(37-23(2)46-51-24(37)3)17-33(22)38(44-31-11-10-28(19-42)34(41)18-31)26-8-5-25(6-9-26)20-43-30-12-13-32-29(16-30)21-47(40(32)50)35-14-15-36(48)45-39(35)49/h4,7,10-13,16-18,25-26,35,38,43-44H,5-6,8-9,14-15,20-21H2,1-3H3,(H,45,48,49). The number of hydrogen-bond acceptors (Lipinski definition) is 8. The van der Waals surface area contributed by atoms with Crippen molar-refractivity contribution in [2.24, 2.45) is 11.8 Å². The van der Waals surface area contributed by atoms with Gasteiger partial charge >= 0.3 is 0 Å². The van der Waals surface area contributed by atoms with Crippen molar-refractivity contribution in [1.29, 1.82) is 5.26 Å². The number of aryl methyl sites for hydroxylation is 3. The molecule has 10 nitrogen and oxygen atoms in total. The summed E-state index contributed by atoms with van der Waals surface area (Å²) in [5.41, 5.74) is 9.15. The van der Waals surface area contributed by atoms with Gasteiger partial charge in [-0.25, -0.2) is 0 Å². The Kier molecular flexibility index (Phi) is 9.58. The lowest BCUT2D eigenvalue weighted by molar-refractivity contribution is -0.136. The lowest BCUT2D eigenvalue weighted by Gasteiger charge is -2.36. The minimum Gasteiger partial charge on any atom is -0.385 e. The van der Waals surface area contributed by atoms with Gasteiger partial charge in [0.25, 0.3) is 5.91 Å². The molecule has 0 spiro atoms. The number of carbonyl (C=O) groups is 3. The molecule has 4 aromatic rings. The lowest BCUT2D eigenvalue weighted by Crippen LogP contribution is -2.52. The summed E-state index contributed by atoms with van der Waals surface area (Å²) in [6.07, 6.45) is 4.76. The third-order valence-corrected chi connectivity index (χ3v) is 11.1. The van der Waals surface area contributed by atoms with Crippen LogP contribution in [0.2, 0.25) is 5.02 Å². The maximum atomic E-state index is 13.1. The predicted octanol–water partition coefficient (Wildman–Crippen LogP) is 7.62.